The number of nitrogens with zero attached hydrogens (tertiary/aromatic N) is 1. The molecular weight excluding hydrogens is 285 g/mol. The molecule has 0 amide bonds. The molecule has 2 nitrogen and oxygen atoms in total. The van der Waals surface area contributed by atoms with Crippen molar-refractivity contribution >= 4 is 16.5 Å². The van der Waals surface area contributed by atoms with Gasteiger partial charge in [0.2, 0.25) is 0 Å². The van der Waals surface area contributed by atoms with E-state index in [-0.39, 0.29) is 5.56 Å². The Morgan fingerprint density at radius 1 is 1.25 bits per heavy atom. The van der Waals surface area contributed by atoms with E-state index in [0.29, 0.717) is 15.9 Å². The SMILES string of the molecule is CC(C)CNc1ncc(-c2ccccc2C(F)(F)F)s1. The smallest absolute Gasteiger partial charge is 0.361 e. The summed E-state index contributed by atoms with van der Waals surface area (Å²) in [7, 11) is 0. The summed E-state index contributed by atoms with van der Waals surface area (Å²) in [6, 6.07) is 5.57. The second kappa shape index (κ2) is 5.83. The largest absolute Gasteiger partial charge is 0.417 e. The van der Waals surface area contributed by atoms with Crippen molar-refractivity contribution in [1.82, 2.24) is 4.98 Å². The van der Waals surface area contributed by atoms with Crippen LogP contribution < -0.4 is 5.32 Å². The maximum atomic E-state index is 13.0. The Morgan fingerprint density at radius 3 is 2.60 bits per heavy atom. The maximum Gasteiger partial charge on any atom is 0.417 e. The number of hydrogen-bond donors (Lipinski definition) is 1. The second-order valence-corrected chi connectivity index (χ2v) is 5.88. The molecule has 0 aliphatic rings. The molecule has 108 valence electrons. The van der Waals surface area contributed by atoms with E-state index in [2.05, 4.69) is 24.1 Å². The summed E-state index contributed by atoms with van der Waals surface area (Å²) in [6.45, 7) is 4.86. The van der Waals surface area contributed by atoms with E-state index in [0.717, 1.165) is 12.6 Å². The van der Waals surface area contributed by atoms with Crippen LogP contribution in [-0.4, -0.2) is 11.5 Å². The molecule has 1 heterocycles. The minimum atomic E-state index is -4.36. The number of thiazole rings is 1. The predicted molar refractivity (Wildman–Crippen MR) is 75.9 cm³/mol. The van der Waals surface area contributed by atoms with Crippen molar-refractivity contribution in [2.24, 2.45) is 5.92 Å². The van der Waals surface area contributed by atoms with Gasteiger partial charge in [-0.2, -0.15) is 13.2 Å². The number of alkyl halides is 3. The first-order valence-corrected chi connectivity index (χ1v) is 7.06. The zero-order valence-corrected chi connectivity index (χ0v) is 12.0. The zero-order chi connectivity index (χ0) is 14.8. The van der Waals surface area contributed by atoms with Crippen molar-refractivity contribution in [3.05, 3.63) is 36.0 Å². The topological polar surface area (TPSA) is 24.9 Å². The molecule has 1 aromatic heterocycles. The van der Waals surface area contributed by atoms with Gasteiger partial charge in [-0.25, -0.2) is 4.98 Å². The first-order valence-electron chi connectivity index (χ1n) is 6.24. The molecule has 6 heteroatoms. The van der Waals surface area contributed by atoms with E-state index in [4.69, 9.17) is 0 Å². The van der Waals surface area contributed by atoms with Gasteiger partial charge in [-0.3, -0.25) is 0 Å². The van der Waals surface area contributed by atoms with Gasteiger partial charge in [0.25, 0.3) is 0 Å². The molecule has 0 bridgehead atoms. The Bertz CT molecular complexity index is 576. The maximum absolute atomic E-state index is 13.0. The number of benzene rings is 1. The number of halogens is 3. The molecule has 0 fully saturated rings. The monoisotopic (exact) mass is 300 g/mol. The lowest BCUT2D eigenvalue weighted by atomic mass is 10.1. The number of aromatic nitrogens is 1. The van der Waals surface area contributed by atoms with E-state index >= 15 is 0 Å². The van der Waals surface area contributed by atoms with Crippen LogP contribution in [0.3, 0.4) is 0 Å². The van der Waals surface area contributed by atoms with Crippen molar-refractivity contribution < 1.29 is 13.2 Å². The summed E-state index contributed by atoms with van der Waals surface area (Å²) in [5, 5.41) is 3.76. The van der Waals surface area contributed by atoms with Crippen LogP contribution in [0.5, 0.6) is 0 Å². The van der Waals surface area contributed by atoms with Crippen molar-refractivity contribution in [2.75, 3.05) is 11.9 Å². The van der Waals surface area contributed by atoms with Gasteiger partial charge in [0, 0.05) is 18.3 Å². The van der Waals surface area contributed by atoms with Crippen LogP contribution >= 0.6 is 11.3 Å². The molecule has 20 heavy (non-hydrogen) atoms. The van der Waals surface area contributed by atoms with Crippen molar-refractivity contribution in [1.29, 1.82) is 0 Å². The summed E-state index contributed by atoms with van der Waals surface area (Å²) in [5.74, 6) is 0.449. The van der Waals surface area contributed by atoms with Gasteiger partial charge in [0.05, 0.1) is 10.4 Å². The van der Waals surface area contributed by atoms with Crippen LogP contribution in [0.1, 0.15) is 19.4 Å². The molecule has 0 atom stereocenters. The van der Waals surface area contributed by atoms with E-state index < -0.39 is 11.7 Å². The van der Waals surface area contributed by atoms with Gasteiger partial charge < -0.3 is 5.32 Å². The van der Waals surface area contributed by atoms with Gasteiger partial charge >= 0.3 is 6.18 Å². The number of rotatable bonds is 4. The molecule has 0 spiro atoms. The van der Waals surface area contributed by atoms with Crippen LogP contribution in [0.15, 0.2) is 30.5 Å². The third kappa shape index (κ3) is 3.50. The molecule has 0 radical (unpaired) electrons. The summed E-state index contributed by atoms with van der Waals surface area (Å²) in [4.78, 5) is 4.65. The third-order valence-corrected chi connectivity index (χ3v) is 3.65. The highest BCUT2D eigenvalue weighted by molar-refractivity contribution is 7.18. The molecule has 0 unspecified atom stereocenters. The zero-order valence-electron chi connectivity index (χ0n) is 11.2. The Morgan fingerprint density at radius 2 is 1.95 bits per heavy atom. The summed E-state index contributed by atoms with van der Waals surface area (Å²) < 4.78 is 38.9. The fourth-order valence-corrected chi connectivity index (χ4v) is 2.58. The highest BCUT2D eigenvalue weighted by Crippen LogP contribution is 2.39. The van der Waals surface area contributed by atoms with Gasteiger partial charge in [-0.15, -0.1) is 0 Å². The Hall–Kier alpha value is -1.56. The van der Waals surface area contributed by atoms with Crippen LogP contribution in [0.4, 0.5) is 18.3 Å². The van der Waals surface area contributed by atoms with Crippen molar-refractivity contribution in [3.63, 3.8) is 0 Å². The molecule has 2 rings (SSSR count). The molecule has 2 aromatic rings. The van der Waals surface area contributed by atoms with Crippen molar-refractivity contribution in [3.8, 4) is 10.4 Å². The quantitative estimate of drug-likeness (QED) is 0.869. The number of anilines is 1. The lowest BCUT2D eigenvalue weighted by Crippen LogP contribution is -2.07. The summed E-state index contributed by atoms with van der Waals surface area (Å²) in [5.41, 5.74) is -0.450. The first kappa shape index (κ1) is 14.8. The van der Waals surface area contributed by atoms with Crippen LogP contribution in [0.2, 0.25) is 0 Å². The summed E-state index contributed by atoms with van der Waals surface area (Å²) in [6.07, 6.45) is -2.87. The molecule has 0 saturated carbocycles. The lowest BCUT2D eigenvalue weighted by molar-refractivity contribution is -0.137. The van der Waals surface area contributed by atoms with E-state index in [1.165, 1.54) is 29.7 Å². The molecule has 1 aromatic carbocycles. The van der Waals surface area contributed by atoms with E-state index in [1.807, 2.05) is 0 Å². The third-order valence-electron chi connectivity index (χ3n) is 2.67. The Balaban J connectivity index is 2.29. The molecule has 0 saturated heterocycles. The fourth-order valence-electron chi connectivity index (χ4n) is 1.72. The normalized spacial score (nSPS) is 11.9. The highest BCUT2D eigenvalue weighted by atomic mass is 32.1. The van der Waals surface area contributed by atoms with Gasteiger partial charge in [-0.05, 0) is 12.0 Å². The van der Waals surface area contributed by atoms with Crippen molar-refractivity contribution in [2.45, 2.75) is 20.0 Å². The number of nitrogens with one attached hydrogen (secondary N) is 1. The van der Waals surface area contributed by atoms with E-state index in [1.54, 1.807) is 6.07 Å². The van der Waals surface area contributed by atoms with Crippen LogP contribution in [0.25, 0.3) is 10.4 Å². The molecule has 1 N–H and O–H groups in total. The Kier molecular flexibility index (Phi) is 4.32. The van der Waals surface area contributed by atoms with Crippen LogP contribution in [-0.2, 0) is 6.18 Å². The Labute approximate surface area is 119 Å². The van der Waals surface area contributed by atoms with Gasteiger partial charge in [0.15, 0.2) is 5.13 Å². The summed E-state index contributed by atoms with van der Waals surface area (Å²) >= 11 is 1.24. The molecule has 0 aliphatic carbocycles. The fraction of sp³-hybridized carbons (Fsp3) is 0.357. The molecule has 0 aliphatic heterocycles. The average molecular weight is 300 g/mol. The standard InChI is InChI=1S/C14H15F3N2S/c1-9(2)7-18-13-19-8-12(20-13)10-5-3-4-6-11(10)14(15,16)17/h3-6,8-9H,7H2,1-2H3,(H,18,19). The minimum absolute atomic E-state index is 0.176. The number of hydrogen-bond acceptors (Lipinski definition) is 3. The van der Waals surface area contributed by atoms with Crippen LogP contribution in [0, 0.1) is 5.92 Å². The second-order valence-electron chi connectivity index (χ2n) is 4.85. The van der Waals surface area contributed by atoms with Gasteiger partial charge in [0.1, 0.15) is 0 Å². The predicted octanol–water partition coefficient (Wildman–Crippen LogP) is 4.90. The van der Waals surface area contributed by atoms with Gasteiger partial charge in [-0.1, -0.05) is 43.4 Å². The average Bonchev–Trinajstić information content (AvgIpc) is 2.84. The minimum Gasteiger partial charge on any atom is -0.361 e. The lowest BCUT2D eigenvalue weighted by Gasteiger charge is -2.10. The molecular formula is C14H15F3N2S. The first-order chi connectivity index (χ1) is 9.38. The highest BCUT2D eigenvalue weighted by Gasteiger charge is 2.33. The van der Waals surface area contributed by atoms with E-state index in [9.17, 15) is 13.2 Å².